The van der Waals surface area contributed by atoms with E-state index < -0.39 is 18.1 Å². The van der Waals surface area contributed by atoms with E-state index in [0.717, 1.165) is 22.3 Å². The molecule has 5 rings (SSSR count). The molecule has 0 radical (unpaired) electrons. The number of rotatable bonds is 8. The molecular weight excluding hydrogens is 448 g/mol. The van der Waals surface area contributed by atoms with Gasteiger partial charge < -0.3 is 20.5 Å². The quantitative estimate of drug-likeness (QED) is 0.461. The molecule has 2 aromatic carbocycles. The van der Waals surface area contributed by atoms with Gasteiger partial charge in [0.2, 0.25) is 5.91 Å². The van der Waals surface area contributed by atoms with Crippen LogP contribution in [0.1, 0.15) is 35.1 Å². The number of nitrogens with zero attached hydrogens (tertiary/aromatic N) is 2. The second-order valence-electron chi connectivity index (χ2n) is 9.04. The number of nitrogens with one attached hydrogen (secondary N) is 2. The van der Waals surface area contributed by atoms with E-state index in [1.165, 1.54) is 10.9 Å². The van der Waals surface area contributed by atoms with Gasteiger partial charge in [0.05, 0.1) is 6.20 Å². The number of carboxylic acids is 1. The number of carboxylic acid groups (broad SMARTS) is 1. The van der Waals surface area contributed by atoms with Crippen LogP contribution in [0.5, 0.6) is 0 Å². The van der Waals surface area contributed by atoms with Gasteiger partial charge in [-0.2, -0.15) is 5.10 Å². The summed E-state index contributed by atoms with van der Waals surface area (Å²) in [6, 6.07) is 15.1. The summed E-state index contributed by atoms with van der Waals surface area (Å²) in [6.07, 6.45) is 3.02. The minimum atomic E-state index is -1.16. The van der Waals surface area contributed by atoms with E-state index >= 15 is 0 Å². The summed E-state index contributed by atoms with van der Waals surface area (Å²) in [6.45, 7) is 0.513. The zero-order valence-corrected chi connectivity index (χ0v) is 19.2. The zero-order valence-electron chi connectivity index (χ0n) is 19.2. The number of aromatic nitrogens is 2. The van der Waals surface area contributed by atoms with Crippen molar-refractivity contribution in [2.24, 2.45) is 18.9 Å². The Labute approximate surface area is 202 Å². The maximum atomic E-state index is 12.5. The van der Waals surface area contributed by atoms with E-state index in [1.807, 2.05) is 24.3 Å². The van der Waals surface area contributed by atoms with Crippen molar-refractivity contribution < 1.29 is 24.2 Å². The minimum Gasteiger partial charge on any atom is -0.479 e. The second-order valence-corrected chi connectivity index (χ2v) is 9.04. The number of fused-ring (bicyclic) bond motifs is 3. The number of ether oxygens (including phenoxy) is 1. The molecule has 1 aromatic heterocycles. The average molecular weight is 475 g/mol. The summed E-state index contributed by atoms with van der Waals surface area (Å²) >= 11 is 0. The van der Waals surface area contributed by atoms with Gasteiger partial charge in [0.25, 0.3) is 0 Å². The number of hydrogen-bond acceptors (Lipinski definition) is 5. The number of benzene rings is 2. The lowest BCUT2D eigenvalue weighted by Gasteiger charge is -2.15. The Kier molecular flexibility index (Phi) is 5.98. The molecule has 2 aliphatic carbocycles. The lowest BCUT2D eigenvalue weighted by atomic mass is 9.98. The van der Waals surface area contributed by atoms with E-state index in [0.29, 0.717) is 18.5 Å². The Morgan fingerprint density at radius 2 is 1.77 bits per heavy atom. The van der Waals surface area contributed by atoms with Crippen molar-refractivity contribution in [2.75, 3.05) is 13.2 Å². The van der Waals surface area contributed by atoms with Crippen molar-refractivity contribution >= 4 is 18.0 Å². The highest BCUT2D eigenvalue weighted by Crippen LogP contribution is 2.44. The Hall–Kier alpha value is -4.14. The molecule has 0 aliphatic heterocycles. The fourth-order valence-electron chi connectivity index (χ4n) is 4.78. The number of aliphatic carboxylic acids is 1. The summed E-state index contributed by atoms with van der Waals surface area (Å²) in [4.78, 5) is 36.5. The van der Waals surface area contributed by atoms with Crippen molar-refractivity contribution in [2.45, 2.75) is 18.4 Å². The third-order valence-corrected chi connectivity index (χ3v) is 6.70. The number of aryl methyl sites for hydroxylation is 1. The molecule has 0 saturated heterocycles. The molecule has 180 valence electrons. The maximum absolute atomic E-state index is 12.5. The van der Waals surface area contributed by atoms with E-state index in [9.17, 15) is 19.5 Å². The van der Waals surface area contributed by atoms with Crippen molar-refractivity contribution in [1.29, 1.82) is 0 Å². The number of carbonyl (C=O) groups is 3. The molecular formula is C26H26N4O5. The van der Waals surface area contributed by atoms with Gasteiger partial charge in [-0.15, -0.1) is 0 Å². The zero-order chi connectivity index (χ0) is 24.5. The van der Waals surface area contributed by atoms with Crippen molar-refractivity contribution in [3.8, 4) is 11.1 Å². The number of hydrogen-bond donors (Lipinski definition) is 3. The standard InChI is InChI=1S/C26H26N4O5/c1-30-13-16(12-28-30)23(25(32)33)29-24(31)21-10-15(21)11-27-26(34)35-14-22-19-8-4-2-6-17(19)18-7-3-5-9-20(18)22/h2-9,12-13,15,21-23H,10-11,14H2,1H3,(H,27,34)(H,29,31)(H,32,33). The lowest BCUT2D eigenvalue weighted by Crippen LogP contribution is -2.35. The van der Waals surface area contributed by atoms with Crippen LogP contribution in [0.25, 0.3) is 11.1 Å². The summed E-state index contributed by atoms with van der Waals surface area (Å²) < 4.78 is 7.01. The second kappa shape index (κ2) is 9.25. The molecule has 3 unspecified atom stereocenters. The molecule has 2 aliphatic rings. The van der Waals surface area contributed by atoms with Crippen LogP contribution in [0, 0.1) is 11.8 Å². The van der Waals surface area contributed by atoms with Gasteiger partial charge in [0.1, 0.15) is 6.61 Å². The first kappa shape index (κ1) is 22.6. The Bertz CT molecular complexity index is 1240. The summed E-state index contributed by atoms with van der Waals surface area (Å²) in [7, 11) is 1.68. The molecule has 3 aromatic rings. The van der Waals surface area contributed by atoms with Gasteiger partial charge in [-0.3, -0.25) is 9.48 Å². The molecule has 3 N–H and O–H groups in total. The summed E-state index contributed by atoms with van der Waals surface area (Å²) in [5, 5.41) is 18.8. The SMILES string of the molecule is Cn1cc(C(NC(=O)C2CC2CNC(=O)OCC2c3ccccc3-c3ccccc32)C(=O)O)cn1. The third kappa shape index (κ3) is 4.62. The molecule has 1 saturated carbocycles. The van der Waals surface area contributed by atoms with Gasteiger partial charge in [-0.1, -0.05) is 48.5 Å². The number of carbonyl (C=O) groups excluding carboxylic acids is 2. The van der Waals surface area contributed by atoms with E-state index in [2.05, 4.69) is 40.0 Å². The number of alkyl carbamates (subject to hydrolysis) is 1. The van der Waals surface area contributed by atoms with Crippen molar-refractivity contribution in [1.82, 2.24) is 20.4 Å². The third-order valence-electron chi connectivity index (χ3n) is 6.70. The Balaban J connectivity index is 1.11. The molecule has 3 atom stereocenters. The van der Waals surface area contributed by atoms with Crippen LogP contribution in [0.15, 0.2) is 60.9 Å². The average Bonchev–Trinajstić information content (AvgIpc) is 3.41. The first-order valence-corrected chi connectivity index (χ1v) is 11.5. The molecule has 9 heteroatoms. The van der Waals surface area contributed by atoms with Gasteiger partial charge in [0.15, 0.2) is 6.04 Å². The predicted octanol–water partition coefficient (Wildman–Crippen LogP) is 2.84. The summed E-state index contributed by atoms with van der Waals surface area (Å²) in [5.41, 5.74) is 5.01. The maximum Gasteiger partial charge on any atom is 0.407 e. The predicted molar refractivity (Wildman–Crippen MR) is 126 cm³/mol. The van der Waals surface area contributed by atoms with Crippen LogP contribution in [-0.4, -0.2) is 46.0 Å². The molecule has 2 amide bonds. The van der Waals surface area contributed by atoms with Crippen molar-refractivity contribution in [3.63, 3.8) is 0 Å². The first-order valence-electron chi connectivity index (χ1n) is 11.5. The first-order chi connectivity index (χ1) is 16.9. The van der Waals surface area contributed by atoms with Gasteiger partial charge in [0, 0.05) is 37.2 Å². The molecule has 0 spiro atoms. The Morgan fingerprint density at radius 3 is 2.37 bits per heavy atom. The number of amides is 2. The minimum absolute atomic E-state index is 0.0203. The molecule has 9 nitrogen and oxygen atoms in total. The van der Waals surface area contributed by atoms with Gasteiger partial charge in [-0.05, 0) is 34.6 Å². The van der Waals surface area contributed by atoms with Gasteiger partial charge >= 0.3 is 12.1 Å². The van der Waals surface area contributed by atoms with Crippen LogP contribution in [0.4, 0.5) is 4.79 Å². The van der Waals surface area contributed by atoms with E-state index in [1.54, 1.807) is 13.2 Å². The highest BCUT2D eigenvalue weighted by molar-refractivity contribution is 5.87. The highest BCUT2D eigenvalue weighted by atomic mass is 16.5. The fourth-order valence-corrected chi connectivity index (χ4v) is 4.78. The van der Waals surface area contributed by atoms with Crippen LogP contribution in [-0.2, 0) is 21.4 Å². The topological polar surface area (TPSA) is 123 Å². The Morgan fingerprint density at radius 1 is 1.11 bits per heavy atom. The van der Waals surface area contributed by atoms with Crippen LogP contribution < -0.4 is 10.6 Å². The van der Waals surface area contributed by atoms with E-state index in [-0.39, 0.29) is 30.3 Å². The fraction of sp³-hybridized carbons (Fsp3) is 0.308. The van der Waals surface area contributed by atoms with Crippen molar-refractivity contribution in [3.05, 3.63) is 77.6 Å². The van der Waals surface area contributed by atoms with Crippen LogP contribution in [0.3, 0.4) is 0 Å². The molecule has 1 heterocycles. The monoisotopic (exact) mass is 474 g/mol. The largest absolute Gasteiger partial charge is 0.479 e. The smallest absolute Gasteiger partial charge is 0.407 e. The van der Waals surface area contributed by atoms with Crippen LogP contribution >= 0.6 is 0 Å². The highest BCUT2D eigenvalue weighted by Gasteiger charge is 2.44. The molecule has 35 heavy (non-hydrogen) atoms. The van der Waals surface area contributed by atoms with Gasteiger partial charge in [-0.25, -0.2) is 9.59 Å². The van der Waals surface area contributed by atoms with E-state index in [4.69, 9.17) is 4.74 Å². The molecule has 0 bridgehead atoms. The lowest BCUT2D eigenvalue weighted by molar-refractivity contribution is -0.142. The normalized spacial score (nSPS) is 18.8. The summed E-state index contributed by atoms with van der Waals surface area (Å²) in [5.74, 6) is -1.92. The van der Waals surface area contributed by atoms with Crippen LogP contribution in [0.2, 0.25) is 0 Å². The molecule has 1 fully saturated rings.